The number of benzene rings is 4. The van der Waals surface area contributed by atoms with Crippen molar-refractivity contribution >= 4 is 23.2 Å². The number of hydrogen-bond donors (Lipinski definition) is 3. The molecule has 0 radical (unpaired) electrons. The van der Waals surface area contributed by atoms with Gasteiger partial charge in [0, 0.05) is 29.5 Å². The van der Waals surface area contributed by atoms with Crippen LogP contribution in [0.25, 0.3) is 0 Å². The zero-order chi connectivity index (χ0) is 24.3. The number of anilines is 2. The molecule has 0 aliphatic rings. The molecule has 2 amide bonds. The van der Waals surface area contributed by atoms with Crippen LogP contribution in [0.3, 0.4) is 0 Å². The molecular weight excluding hydrogens is 438 g/mol. The molecular formula is C29H27N3O3. The van der Waals surface area contributed by atoms with Gasteiger partial charge in [-0.2, -0.15) is 0 Å². The number of amides is 2. The summed E-state index contributed by atoms with van der Waals surface area (Å²) in [7, 11) is 0. The van der Waals surface area contributed by atoms with Gasteiger partial charge in [-0.25, -0.2) is 0 Å². The summed E-state index contributed by atoms with van der Waals surface area (Å²) in [5.41, 5.74) is 3.96. The molecule has 6 nitrogen and oxygen atoms in total. The van der Waals surface area contributed by atoms with E-state index in [1.165, 1.54) is 0 Å². The van der Waals surface area contributed by atoms with Crippen LogP contribution >= 0.6 is 0 Å². The third kappa shape index (κ3) is 7.47. The summed E-state index contributed by atoms with van der Waals surface area (Å²) >= 11 is 0. The molecule has 4 aromatic rings. The van der Waals surface area contributed by atoms with Crippen molar-refractivity contribution in [3.8, 4) is 5.75 Å². The second kappa shape index (κ2) is 12.0. The summed E-state index contributed by atoms with van der Waals surface area (Å²) in [6.45, 7) is 0.965. The van der Waals surface area contributed by atoms with Gasteiger partial charge in [0.25, 0.3) is 5.91 Å². The Morgan fingerprint density at radius 3 is 2.14 bits per heavy atom. The lowest BCUT2D eigenvalue weighted by molar-refractivity contribution is -0.114. The molecule has 4 rings (SSSR count). The normalized spacial score (nSPS) is 10.3. The third-order valence-corrected chi connectivity index (χ3v) is 5.24. The van der Waals surface area contributed by atoms with E-state index in [1.54, 1.807) is 24.3 Å². The van der Waals surface area contributed by atoms with E-state index in [9.17, 15) is 9.59 Å². The minimum absolute atomic E-state index is 0.0597. The molecule has 0 saturated heterocycles. The maximum atomic E-state index is 12.5. The van der Waals surface area contributed by atoms with Gasteiger partial charge in [-0.15, -0.1) is 0 Å². The monoisotopic (exact) mass is 465 g/mol. The molecule has 0 aliphatic carbocycles. The lowest BCUT2D eigenvalue weighted by Crippen LogP contribution is -2.23. The largest absolute Gasteiger partial charge is 0.489 e. The molecule has 176 valence electrons. The van der Waals surface area contributed by atoms with Gasteiger partial charge < -0.3 is 20.7 Å². The Morgan fingerprint density at radius 2 is 1.37 bits per heavy atom. The number of nitrogens with one attached hydrogen (secondary N) is 3. The molecule has 4 aromatic carbocycles. The Morgan fingerprint density at radius 1 is 0.686 bits per heavy atom. The van der Waals surface area contributed by atoms with E-state index in [0.29, 0.717) is 35.8 Å². The van der Waals surface area contributed by atoms with Crippen LogP contribution in [0.4, 0.5) is 11.4 Å². The first kappa shape index (κ1) is 23.6. The summed E-state index contributed by atoms with van der Waals surface area (Å²) in [5.74, 6) is 0.298. The Labute approximate surface area is 205 Å². The molecule has 0 bridgehead atoms. The van der Waals surface area contributed by atoms with Gasteiger partial charge in [0.2, 0.25) is 5.91 Å². The van der Waals surface area contributed by atoms with E-state index in [2.05, 4.69) is 16.0 Å². The van der Waals surface area contributed by atoms with Crippen molar-refractivity contribution in [2.45, 2.75) is 13.2 Å². The highest BCUT2D eigenvalue weighted by Gasteiger charge is 2.08. The second-order valence-electron chi connectivity index (χ2n) is 7.95. The predicted octanol–water partition coefficient (Wildman–Crippen LogP) is 5.25. The van der Waals surface area contributed by atoms with Crippen LogP contribution in [0, 0.1) is 0 Å². The fourth-order valence-corrected chi connectivity index (χ4v) is 3.44. The number of carbonyl (C=O) groups excluding carboxylic acids is 2. The van der Waals surface area contributed by atoms with Crippen LogP contribution in [-0.4, -0.2) is 18.4 Å². The summed E-state index contributed by atoms with van der Waals surface area (Å²) in [6, 6.07) is 34.0. The minimum Gasteiger partial charge on any atom is -0.489 e. The van der Waals surface area contributed by atoms with Crippen LogP contribution in [-0.2, 0) is 17.9 Å². The van der Waals surface area contributed by atoms with E-state index in [-0.39, 0.29) is 18.4 Å². The zero-order valence-corrected chi connectivity index (χ0v) is 19.2. The molecule has 35 heavy (non-hydrogen) atoms. The Balaban J connectivity index is 1.26. The Kier molecular flexibility index (Phi) is 8.11. The quantitative estimate of drug-likeness (QED) is 0.299. The zero-order valence-electron chi connectivity index (χ0n) is 19.2. The number of ether oxygens (including phenoxy) is 1. The number of hydrogen-bond acceptors (Lipinski definition) is 4. The van der Waals surface area contributed by atoms with Crippen molar-refractivity contribution < 1.29 is 14.3 Å². The molecule has 6 heteroatoms. The van der Waals surface area contributed by atoms with E-state index >= 15 is 0 Å². The van der Waals surface area contributed by atoms with Crippen LogP contribution in [0.5, 0.6) is 5.75 Å². The molecule has 0 aliphatic heterocycles. The smallest absolute Gasteiger partial charge is 0.251 e. The van der Waals surface area contributed by atoms with Gasteiger partial charge in [-0.3, -0.25) is 9.59 Å². The van der Waals surface area contributed by atoms with Gasteiger partial charge >= 0.3 is 0 Å². The molecule has 0 unspecified atom stereocenters. The van der Waals surface area contributed by atoms with Gasteiger partial charge in [0.05, 0.1) is 6.54 Å². The van der Waals surface area contributed by atoms with Gasteiger partial charge in [-0.05, 0) is 41.5 Å². The van der Waals surface area contributed by atoms with Gasteiger partial charge in [-0.1, -0.05) is 72.8 Å². The molecule has 0 heterocycles. The second-order valence-corrected chi connectivity index (χ2v) is 7.95. The van der Waals surface area contributed by atoms with Gasteiger partial charge in [0.15, 0.2) is 0 Å². The molecule has 0 atom stereocenters. The van der Waals surface area contributed by atoms with Crippen molar-refractivity contribution in [3.05, 3.63) is 126 Å². The topological polar surface area (TPSA) is 79.5 Å². The van der Waals surface area contributed by atoms with Crippen molar-refractivity contribution in [1.29, 1.82) is 0 Å². The van der Waals surface area contributed by atoms with Crippen molar-refractivity contribution in [1.82, 2.24) is 5.32 Å². The summed E-state index contributed by atoms with van der Waals surface area (Å²) < 4.78 is 5.82. The fraction of sp³-hybridized carbons (Fsp3) is 0.103. The average molecular weight is 466 g/mol. The maximum absolute atomic E-state index is 12.5. The first-order valence-electron chi connectivity index (χ1n) is 11.4. The highest BCUT2D eigenvalue weighted by Crippen LogP contribution is 2.19. The fourth-order valence-electron chi connectivity index (χ4n) is 3.44. The molecule has 0 saturated carbocycles. The molecule has 0 aromatic heterocycles. The summed E-state index contributed by atoms with van der Waals surface area (Å²) in [5, 5.41) is 8.85. The third-order valence-electron chi connectivity index (χ3n) is 5.24. The van der Waals surface area contributed by atoms with Crippen molar-refractivity contribution in [2.24, 2.45) is 0 Å². The Hall–Kier alpha value is -4.58. The first-order chi connectivity index (χ1) is 17.2. The van der Waals surface area contributed by atoms with Crippen LogP contribution in [0.15, 0.2) is 109 Å². The van der Waals surface area contributed by atoms with Crippen LogP contribution < -0.4 is 20.7 Å². The van der Waals surface area contributed by atoms with Crippen LogP contribution in [0.1, 0.15) is 21.5 Å². The van der Waals surface area contributed by atoms with E-state index in [1.807, 2.05) is 84.9 Å². The Bertz CT molecular complexity index is 1260. The lowest BCUT2D eigenvalue weighted by atomic mass is 10.1. The van der Waals surface area contributed by atoms with Crippen molar-refractivity contribution in [3.63, 3.8) is 0 Å². The van der Waals surface area contributed by atoms with E-state index in [4.69, 9.17) is 4.74 Å². The van der Waals surface area contributed by atoms with Crippen LogP contribution in [0.2, 0.25) is 0 Å². The standard InChI is InChI=1S/C29H27N3O3/c33-28(32-26-15-8-16-27(18-26)35-21-23-11-5-2-6-12-23)20-30-25-14-7-13-24(17-25)29(34)31-19-22-9-3-1-4-10-22/h1-18,30H,19-21H2,(H,31,34)(H,32,33). The minimum atomic E-state index is -0.204. The highest BCUT2D eigenvalue weighted by atomic mass is 16.5. The molecule has 0 fully saturated rings. The van der Waals surface area contributed by atoms with E-state index < -0.39 is 0 Å². The van der Waals surface area contributed by atoms with E-state index in [0.717, 1.165) is 11.1 Å². The number of rotatable bonds is 10. The summed E-state index contributed by atoms with van der Waals surface area (Å²) in [4.78, 5) is 25.0. The SMILES string of the molecule is O=C(CNc1cccc(C(=O)NCc2ccccc2)c1)Nc1cccc(OCc2ccccc2)c1. The highest BCUT2D eigenvalue weighted by molar-refractivity contribution is 5.96. The maximum Gasteiger partial charge on any atom is 0.251 e. The number of carbonyl (C=O) groups is 2. The molecule has 0 spiro atoms. The van der Waals surface area contributed by atoms with Gasteiger partial charge in [0.1, 0.15) is 12.4 Å². The van der Waals surface area contributed by atoms with Crippen molar-refractivity contribution in [2.75, 3.05) is 17.2 Å². The first-order valence-corrected chi connectivity index (χ1v) is 11.4. The average Bonchev–Trinajstić information content (AvgIpc) is 2.91. The summed E-state index contributed by atoms with van der Waals surface area (Å²) in [6.07, 6.45) is 0. The lowest BCUT2D eigenvalue weighted by Gasteiger charge is -2.11. The molecule has 3 N–H and O–H groups in total. The predicted molar refractivity (Wildman–Crippen MR) is 138 cm³/mol.